The first kappa shape index (κ1) is 14.4. The fourth-order valence-electron chi connectivity index (χ4n) is 1.26. The van der Waals surface area contributed by atoms with E-state index in [1.807, 2.05) is 27.9 Å². The zero-order valence-electron chi connectivity index (χ0n) is 11.5. The molecule has 0 unspecified atom stereocenters. The van der Waals surface area contributed by atoms with Crippen LogP contribution in [0.2, 0.25) is 0 Å². The largest absolute Gasteiger partial charge is 0.464 e. The topological polar surface area (TPSA) is 75.2 Å². The van der Waals surface area contributed by atoms with Crippen LogP contribution in [-0.2, 0) is 0 Å². The molecule has 1 aromatic heterocycles. The third-order valence-electron chi connectivity index (χ3n) is 2.07. The predicted molar refractivity (Wildman–Crippen MR) is 72.2 cm³/mol. The monoisotopic (exact) mass is 254 g/mol. The summed E-state index contributed by atoms with van der Waals surface area (Å²) in [5, 5.41) is 6.20. The van der Waals surface area contributed by atoms with Gasteiger partial charge < -0.3 is 20.3 Å². The van der Waals surface area contributed by atoms with Crippen molar-refractivity contribution < 1.29 is 4.74 Å². The van der Waals surface area contributed by atoms with Crippen molar-refractivity contribution in [3.8, 4) is 6.01 Å². The van der Waals surface area contributed by atoms with E-state index in [1.165, 1.54) is 0 Å². The minimum Gasteiger partial charge on any atom is -0.464 e. The number of hydrogen-bond donors (Lipinski definition) is 2. The summed E-state index contributed by atoms with van der Waals surface area (Å²) >= 11 is 0. The average molecular weight is 254 g/mol. The molecule has 7 heteroatoms. The number of ether oxygens (including phenoxy) is 1. The number of nitrogens with one attached hydrogen (secondary N) is 2. The van der Waals surface area contributed by atoms with E-state index in [0.29, 0.717) is 24.5 Å². The number of likely N-dealkylation sites (N-methyl/N-ethyl adjacent to an activating group) is 1. The molecule has 18 heavy (non-hydrogen) atoms. The van der Waals surface area contributed by atoms with Crippen LogP contribution in [0, 0.1) is 0 Å². The molecule has 0 amide bonds. The van der Waals surface area contributed by atoms with Crippen LogP contribution in [0.4, 0.5) is 11.9 Å². The van der Waals surface area contributed by atoms with Crippen molar-refractivity contribution in [2.45, 2.75) is 13.8 Å². The van der Waals surface area contributed by atoms with Crippen molar-refractivity contribution in [2.24, 2.45) is 0 Å². The number of anilines is 2. The van der Waals surface area contributed by atoms with E-state index in [0.717, 1.165) is 19.6 Å². The lowest BCUT2D eigenvalue weighted by molar-refractivity contribution is 0.312. The molecule has 0 bridgehead atoms. The highest BCUT2D eigenvalue weighted by atomic mass is 16.5. The van der Waals surface area contributed by atoms with Crippen LogP contribution in [-0.4, -0.2) is 60.2 Å². The highest BCUT2D eigenvalue weighted by Gasteiger charge is 2.06. The summed E-state index contributed by atoms with van der Waals surface area (Å²) in [6.07, 6.45) is 0. The van der Waals surface area contributed by atoms with Crippen LogP contribution in [0.15, 0.2) is 0 Å². The van der Waals surface area contributed by atoms with Gasteiger partial charge in [0.05, 0.1) is 6.61 Å². The molecule has 0 aliphatic rings. The molecule has 0 aliphatic heterocycles. The summed E-state index contributed by atoms with van der Waals surface area (Å²) in [5.74, 6) is 1.06. The van der Waals surface area contributed by atoms with Gasteiger partial charge in [-0.2, -0.15) is 15.0 Å². The minimum atomic E-state index is 0.343. The summed E-state index contributed by atoms with van der Waals surface area (Å²) in [6.45, 7) is 6.86. The van der Waals surface area contributed by atoms with Gasteiger partial charge in [-0.25, -0.2) is 0 Å². The van der Waals surface area contributed by atoms with Crippen LogP contribution in [0.5, 0.6) is 6.01 Å². The van der Waals surface area contributed by atoms with E-state index in [2.05, 4.69) is 30.5 Å². The summed E-state index contributed by atoms with van der Waals surface area (Å²) in [5.41, 5.74) is 0. The van der Waals surface area contributed by atoms with Crippen LogP contribution >= 0.6 is 0 Å². The zero-order chi connectivity index (χ0) is 13.4. The summed E-state index contributed by atoms with van der Waals surface area (Å²) in [7, 11) is 4.04. The van der Waals surface area contributed by atoms with Crippen molar-refractivity contribution in [2.75, 3.05) is 51.0 Å². The van der Waals surface area contributed by atoms with E-state index in [1.54, 1.807) is 0 Å². The molecule has 0 saturated carbocycles. The normalized spacial score (nSPS) is 10.5. The smallest absolute Gasteiger partial charge is 0.323 e. The van der Waals surface area contributed by atoms with Gasteiger partial charge in [0.2, 0.25) is 11.9 Å². The molecule has 0 aromatic carbocycles. The van der Waals surface area contributed by atoms with E-state index in [4.69, 9.17) is 4.74 Å². The average Bonchev–Trinajstić information content (AvgIpc) is 2.29. The Hall–Kier alpha value is -1.63. The standard InChI is InChI=1S/C11H22N6O/c1-5-12-9-14-10(13-7-8-17(3)4)16-11(15-9)18-6-2/h5-8H2,1-4H3,(H2,12,13,14,15,16). The molecule has 0 atom stereocenters. The number of hydrogen-bond acceptors (Lipinski definition) is 7. The first-order valence-corrected chi connectivity index (χ1v) is 6.17. The molecule has 0 spiro atoms. The fourth-order valence-corrected chi connectivity index (χ4v) is 1.26. The number of nitrogens with zero attached hydrogens (tertiary/aromatic N) is 4. The number of aromatic nitrogens is 3. The van der Waals surface area contributed by atoms with Crippen molar-refractivity contribution in [3.05, 3.63) is 0 Å². The first-order chi connectivity index (χ1) is 8.65. The lowest BCUT2D eigenvalue weighted by Gasteiger charge is -2.11. The van der Waals surface area contributed by atoms with Gasteiger partial charge in [0.15, 0.2) is 0 Å². The van der Waals surface area contributed by atoms with Crippen LogP contribution in [0.3, 0.4) is 0 Å². The minimum absolute atomic E-state index is 0.343. The highest BCUT2D eigenvalue weighted by molar-refractivity contribution is 5.35. The molecule has 0 saturated heterocycles. The Kier molecular flexibility index (Phi) is 6.13. The fraction of sp³-hybridized carbons (Fsp3) is 0.727. The molecule has 0 fully saturated rings. The Balaban J connectivity index is 2.69. The van der Waals surface area contributed by atoms with Crippen molar-refractivity contribution in [1.29, 1.82) is 0 Å². The summed E-state index contributed by atoms with van der Waals surface area (Å²) < 4.78 is 5.31. The maximum absolute atomic E-state index is 5.31. The molecule has 2 N–H and O–H groups in total. The molecule has 0 radical (unpaired) electrons. The molecule has 1 rings (SSSR count). The quantitative estimate of drug-likeness (QED) is 0.706. The van der Waals surface area contributed by atoms with Crippen LogP contribution in [0.25, 0.3) is 0 Å². The summed E-state index contributed by atoms with van der Waals surface area (Å²) in [4.78, 5) is 14.7. The Bertz CT molecular complexity index is 333. The van der Waals surface area contributed by atoms with E-state index in [-0.39, 0.29) is 0 Å². The summed E-state index contributed by atoms with van der Waals surface area (Å²) in [6, 6.07) is 0.343. The van der Waals surface area contributed by atoms with Crippen molar-refractivity contribution >= 4 is 11.9 Å². The van der Waals surface area contributed by atoms with Gasteiger partial charge in [0.1, 0.15) is 0 Å². The maximum atomic E-state index is 5.31. The zero-order valence-corrected chi connectivity index (χ0v) is 11.5. The second-order valence-electron chi connectivity index (χ2n) is 3.96. The van der Waals surface area contributed by atoms with E-state index < -0.39 is 0 Å². The molecule has 0 aliphatic carbocycles. The van der Waals surface area contributed by atoms with Gasteiger partial charge >= 0.3 is 6.01 Å². The Morgan fingerprint density at radius 2 is 1.72 bits per heavy atom. The third kappa shape index (κ3) is 5.13. The number of rotatable bonds is 8. The SMILES string of the molecule is CCNc1nc(NCCN(C)C)nc(OCC)n1. The lowest BCUT2D eigenvalue weighted by atomic mass is 10.6. The first-order valence-electron chi connectivity index (χ1n) is 6.17. The molecule has 102 valence electrons. The van der Waals surface area contributed by atoms with Gasteiger partial charge in [0.25, 0.3) is 0 Å². The Labute approximate surface area is 108 Å². The Morgan fingerprint density at radius 1 is 1.06 bits per heavy atom. The Morgan fingerprint density at radius 3 is 2.28 bits per heavy atom. The van der Waals surface area contributed by atoms with Gasteiger partial charge in [-0.3, -0.25) is 0 Å². The highest BCUT2D eigenvalue weighted by Crippen LogP contribution is 2.10. The van der Waals surface area contributed by atoms with Gasteiger partial charge in [-0.1, -0.05) is 0 Å². The van der Waals surface area contributed by atoms with Crippen molar-refractivity contribution in [1.82, 2.24) is 19.9 Å². The molecule has 1 aromatic rings. The second-order valence-corrected chi connectivity index (χ2v) is 3.96. The molecular formula is C11H22N6O. The predicted octanol–water partition coefficient (Wildman–Crippen LogP) is 0.676. The van der Waals surface area contributed by atoms with Gasteiger partial charge in [-0.05, 0) is 27.9 Å². The lowest BCUT2D eigenvalue weighted by Crippen LogP contribution is -2.22. The molecular weight excluding hydrogens is 232 g/mol. The maximum Gasteiger partial charge on any atom is 0.323 e. The molecule has 7 nitrogen and oxygen atoms in total. The third-order valence-corrected chi connectivity index (χ3v) is 2.07. The van der Waals surface area contributed by atoms with Crippen LogP contribution in [0.1, 0.15) is 13.8 Å². The van der Waals surface area contributed by atoms with E-state index >= 15 is 0 Å². The van der Waals surface area contributed by atoms with Gasteiger partial charge in [0, 0.05) is 19.6 Å². The van der Waals surface area contributed by atoms with E-state index in [9.17, 15) is 0 Å². The van der Waals surface area contributed by atoms with Crippen molar-refractivity contribution in [3.63, 3.8) is 0 Å². The molecule has 1 heterocycles. The second kappa shape index (κ2) is 7.65. The van der Waals surface area contributed by atoms with Gasteiger partial charge in [-0.15, -0.1) is 0 Å². The van der Waals surface area contributed by atoms with Crippen LogP contribution < -0.4 is 15.4 Å².